The fourth-order valence-corrected chi connectivity index (χ4v) is 5.07. The van der Waals surface area contributed by atoms with Gasteiger partial charge in [-0.3, -0.25) is 9.20 Å². The van der Waals surface area contributed by atoms with Gasteiger partial charge < -0.3 is 25.4 Å². The molecule has 9 heteroatoms. The summed E-state index contributed by atoms with van der Waals surface area (Å²) in [6.45, 7) is 7.92. The van der Waals surface area contributed by atoms with Crippen LogP contribution in [0.3, 0.4) is 0 Å². The first-order valence-corrected chi connectivity index (χ1v) is 12.5. The molecule has 1 fully saturated rings. The van der Waals surface area contributed by atoms with Gasteiger partial charge in [-0.15, -0.1) is 0 Å². The lowest BCUT2D eigenvalue weighted by Gasteiger charge is -2.39. The summed E-state index contributed by atoms with van der Waals surface area (Å²) in [6, 6.07) is 12.0. The van der Waals surface area contributed by atoms with E-state index in [2.05, 4.69) is 31.6 Å². The molecule has 2 aliphatic heterocycles. The van der Waals surface area contributed by atoms with Crippen LogP contribution in [0.1, 0.15) is 35.3 Å². The minimum Gasteiger partial charge on any atom is -0.388 e. The summed E-state index contributed by atoms with van der Waals surface area (Å²) in [5.41, 5.74) is 6.29. The smallest absolute Gasteiger partial charge is 0.254 e. The molecular weight excluding hydrogens is 468 g/mol. The van der Waals surface area contributed by atoms with E-state index in [0.717, 1.165) is 40.3 Å². The maximum absolute atomic E-state index is 12.8. The van der Waals surface area contributed by atoms with Gasteiger partial charge in [-0.2, -0.15) is 0 Å². The highest BCUT2D eigenvalue weighted by molar-refractivity contribution is 6.06. The van der Waals surface area contributed by atoms with E-state index in [1.165, 1.54) is 0 Å². The normalized spacial score (nSPS) is 17.7. The highest BCUT2D eigenvalue weighted by Gasteiger charge is 2.33. The van der Waals surface area contributed by atoms with Crippen LogP contribution >= 0.6 is 0 Å². The van der Waals surface area contributed by atoms with Crippen molar-refractivity contribution in [3.8, 4) is 11.3 Å². The van der Waals surface area contributed by atoms with Gasteiger partial charge in [0.2, 0.25) is 0 Å². The molecule has 4 aromatic rings. The molecule has 2 aliphatic rings. The molecule has 0 bridgehead atoms. The van der Waals surface area contributed by atoms with E-state index in [-0.39, 0.29) is 12.0 Å². The standard InChI is InChI=1S/C28H30N6O3/c1-17-8-9-34-22(15-30-25(34)12-17)19-5-6-21(26-20(19)14-31-27(26)35)32-24-7-4-18(13-29-24)33-10-11-37-23(16-33)28(2,3)36/h4-9,12-13,15,23,36H,10-11,14,16H2,1-3H3,(H,29,32)(H,31,35)/t23-/m0/s1. The largest absolute Gasteiger partial charge is 0.388 e. The summed E-state index contributed by atoms with van der Waals surface area (Å²) in [5, 5.41) is 16.7. The molecule has 6 rings (SSSR count). The third-order valence-electron chi connectivity index (χ3n) is 7.14. The molecule has 1 aromatic carbocycles. The molecule has 0 aliphatic carbocycles. The number of carbonyl (C=O) groups is 1. The molecule has 0 saturated carbocycles. The van der Waals surface area contributed by atoms with E-state index in [4.69, 9.17) is 4.74 Å². The van der Waals surface area contributed by atoms with Crippen LogP contribution in [-0.2, 0) is 11.3 Å². The quantitative estimate of drug-likeness (QED) is 0.386. The van der Waals surface area contributed by atoms with E-state index >= 15 is 0 Å². The van der Waals surface area contributed by atoms with Crippen molar-refractivity contribution in [1.29, 1.82) is 0 Å². The number of nitrogens with zero attached hydrogens (tertiary/aromatic N) is 4. The number of nitrogens with one attached hydrogen (secondary N) is 2. The monoisotopic (exact) mass is 498 g/mol. The molecule has 1 saturated heterocycles. The summed E-state index contributed by atoms with van der Waals surface area (Å²) < 4.78 is 7.80. The van der Waals surface area contributed by atoms with Crippen LogP contribution in [0.2, 0.25) is 0 Å². The SMILES string of the molecule is Cc1ccn2c(-c3ccc(Nc4ccc(N5CCO[C@H](C(C)(C)O)C5)cn4)c4c3CNC4=O)cnc2c1. The number of hydrogen-bond donors (Lipinski definition) is 3. The number of rotatable bonds is 5. The van der Waals surface area contributed by atoms with E-state index < -0.39 is 5.60 Å². The van der Waals surface area contributed by atoms with Gasteiger partial charge in [0.15, 0.2) is 0 Å². The first-order chi connectivity index (χ1) is 17.8. The van der Waals surface area contributed by atoms with Gasteiger partial charge in [-0.25, -0.2) is 9.97 Å². The number of amides is 1. The van der Waals surface area contributed by atoms with E-state index in [1.807, 2.05) is 60.2 Å². The van der Waals surface area contributed by atoms with Crippen molar-refractivity contribution in [2.24, 2.45) is 0 Å². The molecule has 0 spiro atoms. The topological polar surface area (TPSA) is 104 Å². The molecule has 3 N–H and O–H groups in total. The summed E-state index contributed by atoms with van der Waals surface area (Å²) in [5.74, 6) is 0.544. The summed E-state index contributed by atoms with van der Waals surface area (Å²) >= 11 is 0. The Morgan fingerprint density at radius 1 is 1.16 bits per heavy atom. The van der Waals surface area contributed by atoms with Gasteiger partial charge in [-0.1, -0.05) is 6.07 Å². The molecule has 5 heterocycles. The molecule has 37 heavy (non-hydrogen) atoms. The molecule has 9 nitrogen and oxygen atoms in total. The van der Waals surface area contributed by atoms with Crippen LogP contribution in [-0.4, -0.2) is 56.8 Å². The number of hydrogen-bond acceptors (Lipinski definition) is 7. The number of carbonyl (C=O) groups excluding carboxylic acids is 1. The number of morpholine rings is 1. The van der Waals surface area contributed by atoms with Crippen LogP contribution in [0.25, 0.3) is 16.9 Å². The zero-order chi connectivity index (χ0) is 25.7. The molecular formula is C28H30N6O3. The van der Waals surface area contributed by atoms with Crippen molar-refractivity contribution in [1.82, 2.24) is 19.7 Å². The predicted molar refractivity (Wildman–Crippen MR) is 142 cm³/mol. The van der Waals surface area contributed by atoms with Crippen molar-refractivity contribution < 1.29 is 14.6 Å². The van der Waals surface area contributed by atoms with E-state index in [9.17, 15) is 9.90 Å². The zero-order valence-corrected chi connectivity index (χ0v) is 21.2. The third-order valence-corrected chi connectivity index (χ3v) is 7.14. The zero-order valence-electron chi connectivity index (χ0n) is 21.2. The van der Waals surface area contributed by atoms with Crippen molar-refractivity contribution in [2.45, 2.75) is 39.0 Å². The first-order valence-electron chi connectivity index (χ1n) is 12.5. The Morgan fingerprint density at radius 2 is 2.03 bits per heavy atom. The Kier molecular flexibility index (Phi) is 5.62. The lowest BCUT2D eigenvalue weighted by molar-refractivity contribution is -0.0928. The summed E-state index contributed by atoms with van der Waals surface area (Å²) in [7, 11) is 0. The number of pyridine rings is 2. The number of imidazole rings is 1. The van der Waals surface area contributed by atoms with Gasteiger partial charge in [0, 0.05) is 31.4 Å². The maximum Gasteiger partial charge on any atom is 0.254 e. The highest BCUT2D eigenvalue weighted by atomic mass is 16.5. The van der Waals surface area contributed by atoms with Crippen molar-refractivity contribution in [3.05, 3.63) is 71.7 Å². The number of ether oxygens (including phenoxy) is 1. The van der Waals surface area contributed by atoms with Gasteiger partial charge in [0.1, 0.15) is 17.6 Å². The second kappa shape index (κ2) is 8.86. The van der Waals surface area contributed by atoms with Gasteiger partial charge in [0.05, 0.1) is 47.2 Å². The summed E-state index contributed by atoms with van der Waals surface area (Å²) in [6.07, 6.45) is 5.41. The number of fused-ring (bicyclic) bond motifs is 2. The Bertz CT molecular complexity index is 1490. The first kappa shape index (κ1) is 23.4. The van der Waals surface area contributed by atoms with Crippen LogP contribution < -0.4 is 15.5 Å². The maximum atomic E-state index is 12.8. The second-order valence-electron chi connectivity index (χ2n) is 10.3. The fraction of sp³-hybridized carbons (Fsp3) is 0.321. The van der Waals surface area contributed by atoms with Crippen LogP contribution in [0.4, 0.5) is 17.2 Å². The Labute approximate surface area is 215 Å². The second-order valence-corrected chi connectivity index (χ2v) is 10.3. The third kappa shape index (κ3) is 4.30. The lowest BCUT2D eigenvalue weighted by Crippen LogP contribution is -2.52. The number of aryl methyl sites for hydroxylation is 1. The van der Waals surface area contributed by atoms with E-state index in [1.54, 1.807) is 13.8 Å². The number of benzene rings is 1. The molecule has 1 atom stereocenters. The van der Waals surface area contributed by atoms with Gasteiger partial charge in [0.25, 0.3) is 5.91 Å². The average Bonchev–Trinajstić information content (AvgIpc) is 3.48. The Morgan fingerprint density at radius 3 is 2.81 bits per heavy atom. The van der Waals surface area contributed by atoms with Crippen molar-refractivity contribution >= 4 is 28.7 Å². The molecule has 3 aromatic heterocycles. The van der Waals surface area contributed by atoms with Crippen LogP contribution in [0.5, 0.6) is 0 Å². The number of aromatic nitrogens is 3. The van der Waals surface area contributed by atoms with Crippen molar-refractivity contribution in [2.75, 3.05) is 29.9 Å². The lowest BCUT2D eigenvalue weighted by atomic mass is 9.99. The van der Waals surface area contributed by atoms with E-state index in [0.29, 0.717) is 36.8 Å². The molecule has 190 valence electrons. The highest BCUT2D eigenvalue weighted by Crippen LogP contribution is 2.35. The minimum atomic E-state index is -0.914. The van der Waals surface area contributed by atoms with Crippen molar-refractivity contribution in [3.63, 3.8) is 0 Å². The van der Waals surface area contributed by atoms with Crippen LogP contribution in [0.15, 0.2) is 55.0 Å². The molecule has 1 amide bonds. The van der Waals surface area contributed by atoms with Gasteiger partial charge in [-0.05, 0) is 62.2 Å². The Balaban J connectivity index is 1.27. The number of aliphatic hydroxyl groups is 1. The minimum absolute atomic E-state index is 0.105. The summed E-state index contributed by atoms with van der Waals surface area (Å²) in [4.78, 5) is 24.2. The average molecular weight is 499 g/mol. The fourth-order valence-electron chi connectivity index (χ4n) is 5.07. The molecule has 0 radical (unpaired) electrons. The van der Waals surface area contributed by atoms with Gasteiger partial charge >= 0.3 is 0 Å². The molecule has 0 unspecified atom stereocenters. The number of anilines is 3. The Hall–Kier alpha value is -3.95. The predicted octanol–water partition coefficient (Wildman–Crippen LogP) is 3.67. The van der Waals surface area contributed by atoms with Crippen LogP contribution in [0, 0.1) is 6.92 Å².